The Morgan fingerprint density at radius 3 is 2.02 bits per heavy atom. The Labute approximate surface area is 249 Å². The fraction of sp³-hybridized carbons (Fsp3) is 0.333. The molecule has 0 bridgehead atoms. The fourth-order valence-electron chi connectivity index (χ4n) is 5.98. The first kappa shape index (κ1) is 29.5. The van der Waals surface area contributed by atoms with Gasteiger partial charge in [0.15, 0.2) is 0 Å². The van der Waals surface area contributed by atoms with Gasteiger partial charge in [-0.15, -0.1) is 0 Å². The number of carbonyl (C=O) groups excluding carboxylic acids is 2. The molecule has 0 aliphatic carbocycles. The number of benzene rings is 3. The predicted octanol–water partition coefficient (Wildman–Crippen LogP) is 4.64. The van der Waals surface area contributed by atoms with Crippen molar-refractivity contribution < 1.29 is 18.4 Å². The highest BCUT2D eigenvalue weighted by Crippen LogP contribution is 2.28. The molecule has 1 atom stereocenters. The number of carbonyl (C=O) groups is 2. The third kappa shape index (κ3) is 5.74. The molecule has 0 radical (unpaired) electrons. The quantitative estimate of drug-likeness (QED) is 0.445. The highest BCUT2D eigenvalue weighted by atomic mass is 19.1. The molecule has 8 nitrogen and oxygen atoms in total. The van der Waals surface area contributed by atoms with Gasteiger partial charge in [-0.2, -0.15) is 10.5 Å². The highest BCUT2D eigenvalue weighted by molar-refractivity contribution is 6.02. The highest BCUT2D eigenvalue weighted by Gasteiger charge is 2.32. The Kier molecular flexibility index (Phi) is 8.31. The summed E-state index contributed by atoms with van der Waals surface area (Å²) in [5.41, 5.74) is 3.62. The number of rotatable bonds is 4. The molecule has 43 heavy (non-hydrogen) atoms. The molecule has 0 aromatic heterocycles. The third-order valence-corrected chi connectivity index (χ3v) is 8.35. The molecule has 5 rings (SSSR count). The van der Waals surface area contributed by atoms with Crippen LogP contribution in [0, 0.1) is 48.1 Å². The van der Waals surface area contributed by atoms with Crippen molar-refractivity contribution in [1.29, 1.82) is 10.5 Å². The van der Waals surface area contributed by atoms with E-state index in [1.807, 2.05) is 45.0 Å². The van der Waals surface area contributed by atoms with Crippen LogP contribution < -0.4 is 9.80 Å². The summed E-state index contributed by atoms with van der Waals surface area (Å²) in [4.78, 5) is 34.7. The number of para-hydroxylation sites is 1. The van der Waals surface area contributed by atoms with E-state index in [0.29, 0.717) is 42.9 Å². The molecule has 220 valence electrons. The zero-order chi connectivity index (χ0) is 30.8. The molecule has 0 saturated carbocycles. The van der Waals surface area contributed by atoms with Gasteiger partial charge in [-0.25, -0.2) is 8.78 Å². The minimum Gasteiger partial charge on any atom is -0.367 e. The Bertz CT molecular complexity index is 1670. The Morgan fingerprint density at radius 1 is 0.744 bits per heavy atom. The second-order valence-corrected chi connectivity index (χ2v) is 11.1. The van der Waals surface area contributed by atoms with Crippen molar-refractivity contribution in [1.82, 2.24) is 9.80 Å². The summed E-state index contributed by atoms with van der Waals surface area (Å²) >= 11 is 0. The molecule has 0 spiro atoms. The van der Waals surface area contributed by atoms with Gasteiger partial charge in [0.2, 0.25) is 0 Å². The van der Waals surface area contributed by atoms with Crippen LogP contribution in [0.15, 0.2) is 48.5 Å². The van der Waals surface area contributed by atoms with Crippen LogP contribution in [-0.4, -0.2) is 73.5 Å². The summed E-state index contributed by atoms with van der Waals surface area (Å²) < 4.78 is 28.9. The van der Waals surface area contributed by atoms with Crippen LogP contribution in [0.25, 0.3) is 0 Å². The second-order valence-electron chi connectivity index (χ2n) is 11.1. The van der Waals surface area contributed by atoms with E-state index in [4.69, 9.17) is 5.26 Å². The summed E-state index contributed by atoms with van der Waals surface area (Å²) in [6.45, 7) is 8.56. The van der Waals surface area contributed by atoms with Gasteiger partial charge in [0, 0.05) is 69.0 Å². The lowest BCUT2D eigenvalue weighted by Crippen LogP contribution is -2.54. The number of hydrogen-bond donors (Lipinski definition) is 0. The average molecular weight is 583 g/mol. The van der Waals surface area contributed by atoms with Crippen molar-refractivity contribution in [2.75, 3.05) is 55.6 Å². The number of hydrogen-bond acceptors (Lipinski definition) is 6. The Hall–Kier alpha value is -4.96. The van der Waals surface area contributed by atoms with Crippen LogP contribution in [0.4, 0.5) is 20.2 Å². The van der Waals surface area contributed by atoms with Gasteiger partial charge in [0.05, 0.1) is 22.5 Å². The van der Waals surface area contributed by atoms with Crippen molar-refractivity contribution in [3.05, 3.63) is 93.5 Å². The van der Waals surface area contributed by atoms with Crippen LogP contribution >= 0.6 is 0 Å². The maximum absolute atomic E-state index is 14.7. The van der Waals surface area contributed by atoms with E-state index in [1.54, 1.807) is 32.9 Å². The number of nitrogens with zero attached hydrogens (tertiary/aromatic N) is 6. The lowest BCUT2D eigenvalue weighted by Gasteiger charge is -2.41. The minimum atomic E-state index is -0.786. The summed E-state index contributed by atoms with van der Waals surface area (Å²) in [5, 5.41) is 18.4. The number of nitriles is 2. The molecule has 3 aromatic rings. The van der Waals surface area contributed by atoms with Crippen LogP contribution in [0.5, 0.6) is 0 Å². The zero-order valence-corrected chi connectivity index (χ0v) is 24.4. The van der Waals surface area contributed by atoms with Crippen LogP contribution in [0.1, 0.15) is 49.9 Å². The lowest BCUT2D eigenvalue weighted by atomic mass is 9.97. The molecule has 10 heteroatoms. The topological polar surface area (TPSA) is 94.7 Å². The van der Waals surface area contributed by atoms with Crippen LogP contribution in [0.3, 0.4) is 0 Å². The average Bonchev–Trinajstić information content (AvgIpc) is 3.01. The molecule has 2 aliphatic rings. The first-order valence-electron chi connectivity index (χ1n) is 14.2. The van der Waals surface area contributed by atoms with E-state index in [0.717, 1.165) is 28.9 Å². The molecule has 3 aromatic carbocycles. The Morgan fingerprint density at radius 2 is 1.37 bits per heavy atom. The van der Waals surface area contributed by atoms with E-state index in [1.165, 1.54) is 0 Å². The van der Waals surface area contributed by atoms with Gasteiger partial charge in [0.1, 0.15) is 23.8 Å². The first-order chi connectivity index (χ1) is 20.6. The van der Waals surface area contributed by atoms with Crippen molar-refractivity contribution in [3.63, 3.8) is 0 Å². The van der Waals surface area contributed by atoms with Crippen molar-refractivity contribution in [3.8, 4) is 12.1 Å². The Balaban J connectivity index is 1.29. The summed E-state index contributed by atoms with van der Waals surface area (Å²) in [5.74, 6) is -1.83. The smallest absolute Gasteiger partial charge is 0.254 e. The summed E-state index contributed by atoms with van der Waals surface area (Å²) in [6.07, 6.45) is 0. The number of aryl methyl sites for hydroxylation is 2. The molecule has 2 amide bonds. The third-order valence-electron chi connectivity index (χ3n) is 8.35. The molecule has 2 saturated heterocycles. The van der Waals surface area contributed by atoms with Crippen molar-refractivity contribution >= 4 is 23.2 Å². The van der Waals surface area contributed by atoms with Gasteiger partial charge in [-0.3, -0.25) is 9.59 Å². The normalized spacial score (nSPS) is 17.0. The zero-order valence-electron chi connectivity index (χ0n) is 24.4. The number of amides is 2. The van der Waals surface area contributed by atoms with E-state index in [2.05, 4.69) is 11.0 Å². The van der Waals surface area contributed by atoms with E-state index >= 15 is 0 Å². The molecule has 1 unspecified atom stereocenters. The van der Waals surface area contributed by atoms with E-state index in [-0.39, 0.29) is 48.7 Å². The number of halogens is 2. The number of anilines is 2. The van der Waals surface area contributed by atoms with Gasteiger partial charge < -0.3 is 19.6 Å². The first-order valence-corrected chi connectivity index (χ1v) is 14.2. The second kappa shape index (κ2) is 12.1. The predicted molar refractivity (Wildman–Crippen MR) is 159 cm³/mol. The van der Waals surface area contributed by atoms with Gasteiger partial charge in [-0.05, 0) is 56.2 Å². The SMILES string of the molecule is Cc1cc(C)c(C(=O)N2CCN(c3cc(F)c(C#N)cc3F)CC2C)cc1C(=O)N1CCN(c2ccccc2C#N)CC1. The molecule has 2 fully saturated rings. The molecule has 2 heterocycles. The lowest BCUT2D eigenvalue weighted by molar-refractivity contribution is 0.0673. The summed E-state index contributed by atoms with van der Waals surface area (Å²) in [6, 6.07) is 16.4. The fourth-order valence-corrected chi connectivity index (χ4v) is 5.98. The number of piperazine rings is 2. The van der Waals surface area contributed by atoms with Gasteiger partial charge in [-0.1, -0.05) is 18.2 Å². The maximum atomic E-state index is 14.7. The monoisotopic (exact) mass is 582 g/mol. The van der Waals surface area contributed by atoms with E-state index < -0.39 is 11.6 Å². The van der Waals surface area contributed by atoms with Gasteiger partial charge in [0.25, 0.3) is 11.8 Å². The molecule has 0 N–H and O–H groups in total. The maximum Gasteiger partial charge on any atom is 0.254 e. The van der Waals surface area contributed by atoms with Gasteiger partial charge >= 0.3 is 0 Å². The summed E-state index contributed by atoms with van der Waals surface area (Å²) in [7, 11) is 0. The van der Waals surface area contributed by atoms with Crippen LogP contribution in [-0.2, 0) is 0 Å². The van der Waals surface area contributed by atoms with Crippen LogP contribution in [0.2, 0.25) is 0 Å². The van der Waals surface area contributed by atoms with Crippen molar-refractivity contribution in [2.24, 2.45) is 0 Å². The minimum absolute atomic E-state index is 0.0612. The molecular formula is C33H32F2N6O2. The standard InChI is InChI=1S/C33H32F2N6O2/c1-21-14-22(2)27(16-26(21)32(42)39-10-8-38(9-11-39)30-7-5-4-6-24(30)18-36)33(43)41-13-12-40(20-23(41)3)31-17-28(34)25(19-37)15-29(31)35/h4-7,14-17,23H,8-13,20H2,1-3H3. The molecular weight excluding hydrogens is 550 g/mol. The van der Waals surface area contributed by atoms with Crippen molar-refractivity contribution in [2.45, 2.75) is 26.8 Å². The molecule has 2 aliphatic heterocycles. The largest absolute Gasteiger partial charge is 0.367 e. The van der Waals surface area contributed by atoms with E-state index in [9.17, 15) is 23.6 Å².